The van der Waals surface area contributed by atoms with Gasteiger partial charge in [0.15, 0.2) is 0 Å². The first-order valence-corrected chi connectivity index (χ1v) is 40.4. The van der Waals surface area contributed by atoms with E-state index in [0.29, 0.717) is 25.9 Å². The zero-order valence-electron chi connectivity index (χ0n) is 60.2. The number of unbranched alkanes of at least 4 members (excludes halogenated alkanes) is 57. The molecule has 2 unspecified atom stereocenters. The van der Waals surface area contributed by atoms with Crippen LogP contribution in [0.2, 0.25) is 0 Å². The van der Waals surface area contributed by atoms with Gasteiger partial charge in [-0.3, -0.25) is 9.59 Å². The molecule has 0 aromatic heterocycles. The van der Waals surface area contributed by atoms with Crippen LogP contribution in [0, 0.1) is 0 Å². The number of esters is 1. The van der Waals surface area contributed by atoms with Crippen molar-refractivity contribution >= 4 is 11.9 Å². The van der Waals surface area contributed by atoms with Gasteiger partial charge in [0.1, 0.15) is 0 Å². The molecule has 0 heterocycles. The highest BCUT2D eigenvalue weighted by atomic mass is 16.5. The van der Waals surface area contributed by atoms with Crippen molar-refractivity contribution in [3.05, 3.63) is 48.6 Å². The Morgan fingerprint density at radius 2 is 0.562 bits per heavy atom. The Labute approximate surface area is 556 Å². The van der Waals surface area contributed by atoms with Crippen molar-refractivity contribution in [2.24, 2.45) is 0 Å². The van der Waals surface area contributed by atoms with Gasteiger partial charge in [-0.05, 0) is 89.9 Å². The fraction of sp³-hybridized carbons (Fsp3) is 0.880. The molecule has 0 bridgehead atoms. The molecule has 0 saturated carbocycles. The second-order valence-corrected chi connectivity index (χ2v) is 27.7. The number of ether oxygens (including phenoxy) is 1. The maximum Gasteiger partial charge on any atom is 0.305 e. The minimum atomic E-state index is -0.666. The lowest BCUT2D eigenvalue weighted by Crippen LogP contribution is -2.45. The van der Waals surface area contributed by atoms with Crippen molar-refractivity contribution in [1.82, 2.24) is 5.32 Å². The molecule has 0 spiro atoms. The van der Waals surface area contributed by atoms with E-state index < -0.39 is 12.1 Å². The number of carbonyl (C=O) groups is 2. The topological polar surface area (TPSA) is 95.9 Å². The Kier molecular flexibility index (Phi) is 76.3. The molecule has 0 aromatic rings. The van der Waals surface area contributed by atoms with E-state index in [4.69, 9.17) is 4.74 Å². The highest BCUT2D eigenvalue weighted by molar-refractivity contribution is 5.76. The Hall–Kier alpha value is -2.18. The lowest BCUT2D eigenvalue weighted by molar-refractivity contribution is -0.143. The van der Waals surface area contributed by atoms with Crippen molar-refractivity contribution in [1.29, 1.82) is 0 Å². The van der Waals surface area contributed by atoms with Crippen molar-refractivity contribution in [3.63, 3.8) is 0 Å². The summed E-state index contributed by atoms with van der Waals surface area (Å²) in [6.45, 7) is 4.97. The number of rotatable bonds is 76. The average molecular weight is 1250 g/mol. The van der Waals surface area contributed by atoms with Crippen LogP contribution in [-0.4, -0.2) is 47.4 Å². The summed E-state index contributed by atoms with van der Waals surface area (Å²) < 4.78 is 5.49. The first-order valence-electron chi connectivity index (χ1n) is 40.4. The van der Waals surface area contributed by atoms with E-state index in [9.17, 15) is 19.8 Å². The van der Waals surface area contributed by atoms with E-state index in [1.807, 2.05) is 0 Å². The van der Waals surface area contributed by atoms with Gasteiger partial charge in [-0.1, -0.05) is 390 Å². The van der Waals surface area contributed by atoms with E-state index >= 15 is 0 Å². The molecular weight excluding hydrogens is 1090 g/mol. The summed E-state index contributed by atoms with van der Waals surface area (Å²) in [6, 6.07) is -0.544. The Bertz CT molecular complexity index is 1490. The summed E-state index contributed by atoms with van der Waals surface area (Å²) >= 11 is 0. The van der Waals surface area contributed by atoms with Crippen molar-refractivity contribution in [2.75, 3.05) is 13.2 Å². The molecule has 0 aromatic carbocycles. The van der Waals surface area contributed by atoms with Crippen LogP contribution >= 0.6 is 0 Å². The first-order chi connectivity index (χ1) is 44.0. The molecule has 6 heteroatoms. The molecular formula is C83H157NO5. The van der Waals surface area contributed by atoms with Crippen LogP contribution in [0.1, 0.15) is 444 Å². The standard InChI is InChI=1S/C83H157NO5/c1-3-5-7-9-11-13-15-17-19-21-22-23-24-32-35-38-41-44-47-51-55-59-63-67-71-75-81(86)80(79-85)84-82(87)76-72-68-64-60-56-52-48-45-42-39-36-33-30-28-26-25-27-29-31-34-37-40-43-46-50-54-58-62-66-70-74-78-89-83(88)77-73-69-65-61-57-53-49-20-18-16-14-12-10-8-6-4-2/h14,16,20,27,29,34,37,49,80-81,85-86H,3-13,15,17-19,21-26,28,30-33,35-36,38-48,50-79H2,1-2H3,(H,84,87)/b16-14-,29-27-,37-34-,49-20-. The molecule has 89 heavy (non-hydrogen) atoms. The number of hydrogen-bond acceptors (Lipinski definition) is 5. The molecule has 0 aliphatic heterocycles. The zero-order valence-corrected chi connectivity index (χ0v) is 60.2. The summed E-state index contributed by atoms with van der Waals surface area (Å²) in [5.74, 6) is -0.0290. The predicted octanol–water partition coefficient (Wildman–Crippen LogP) is 26.8. The molecule has 2 atom stereocenters. The number of hydrogen-bond donors (Lipinski definition) is 3. The number of aliphatic hydroxyl groups excluding tert-OH is 2. The van der Waals surface area contributed by atoms with Crippen LogP contribution in [0.3, 0.4) is 0 Å². The van der Waals surface area contributed by atoms with Crippen LogP contribution in [0.15, 0.2) is 48.6 Å². The van der Waals surface area contributed by atoms with E-state index in [1.165, 1.54) is 353 Å². The molecule has 3 N–H and O–H groups in total. The number of carbonyl (C=O) groups excluding carboxylic acids is 2. The first kappa shape index (κ1) is 86.8. The van der Waals surface area contributed by atoms with Gasteiger partial charge in [0.05, 0.1) is 25.4 Å². The van der Waals surface area contributed by atoms with Crippen molar-refractivity contribution in [3.8, 4) is 0 Å². The van der Waals surface area contributed by atoms with Crippen molar-refractivity contribution < 1.29 is 24.5 Å². The molecule has 0 saturated heterocycles. The summed E-state index contributed by atoms with van der Waals surface area (Å²) in [6.07, 6.45) is 103. The van der Waals surface area contributed by atoms with Gasteiger partial charge in [-0.2, -0.15) is 0 Å². The Balaban J connectivity index is 3.40. The number of allylic oxidation sites excluding steroid dienone is 8. The van der Waals surface area contributed by atoms with E-state index in [2.05, 4.69) is 67.8 Å². The maximum atomic E-state index is 12.6. The van der Waals surface area contributed by atoms with E-state index in [0.717, 1.165) is 57.8 Å². The highest BCUT2D eigenvalue weighted by Crippen LogP contribution is 2.20. The maximum absolute atomic E-state index is 12.6. The van der Waals surface area contributed by atoms with Gasteiger partial charge in [0, 0.05) is 12.8 Å². The SMILES string of the molecule is CCCCCC/C=C\C/C=C\CCCCCCCC(=O)OCCCCCCCCCCC/C=C\C/C=C\CCCCCCCCCCCCCCCCCC(=O)NC(CO)C(O)CCCCCCCCCCCCCCCCCCCCCCCCCCC. The van der Waals surface area contributed by atoms with Gasteiger partial charge in [-0.15, -0.1) is 0 Å². The predicted molar refractivity (Wildman–Crippen MR) is 393 cm³/mol. The number of nitrogens with one attached hydrogen (secondary N) is 1. The van der Waals surface area contributed by atoms with Crippen LogP contribution in [0.25, 0.3) is 0 Å². The third-order valence-corrected chi connectivity index (χ3v) is 18.9. The highest BCUT2D eigenvalue weighted by Gasteiger charge is 2.20. The van der Waals surface area contributed by atoms with Crippen LogP contribution in [-0.2, 0) is 14.3 Å². The van der Waals surface area contributed by atoms with E-state index in [-0.39, 0.29) is 18.5 Å². The number of amides is 1. The van der Waals surface area contributed by atoms with Gasteiger partial charge in [0.2, 0.25) is 5.91 Å². The second-order valence-electron chi connectivity index (χ2n) is 27.7. The normalized spacial score (nSPS) is 12.7. The van der Waals surface area contributed by atoms with Crippen LogP contribution in [0.4, 0.5) is 0 Å². The third-order valence-electron chi connectivity index (χ3n) is 18.9. The lowest BCUT2D eigenvalue weighted by Gasteiger charge is -2.22. The summed E-state index contributed by atoms with van der Waals surface area (Å²) in [5, 5.41) is 23.5. The molecule has 1 amide bonds. The largest absolute Gasteiger partial charge is 0.466 e. The van der Waals surface area contributed by atoms with Gasteiger partial charge < -0.3 is 20.3 Å². The number of aliphatic hydroxyl groups is 2. The third kappa shape index (κ3) is 74.7. The molecule has 0 fully saturated rings. The lowest BCUT2D eigenvalue weighted by atomic mass is 10.0. The quantitative estimate of drug-likeness (QED) is 0.0320. The van der Waals surface area contributed by atoms with Gasteiger partial charge in [0.25, 0.3) is 0 Å². The molecule has 0 aliphatic carbocycles. The van der Waals surface area contributed by atoms with E-state index in [1.54, 1.807) is 0 Å². The Morgan fingerprint density at radius 1 is 0.315 bits per heavy atom. The monoisotopic (exact) mass is 1250 g/mol. The fourth-order valence-corrected chi connectivity index (χ4v) is 12.7. The minimum absolute atomic E-state index is 0.000273. The van der Waals surface area contributed by atoms with Gasteiger partial charge >= 0.3 is 5.97 Å². The summed E-state index contributed by atoms with van der Waals surface area (Å²) in [4.78, 5) is 24.7. The molecule has 0 radical (unpaired) electrons. The molecule has 0 aliphatic rings. The average Bonchev–Trinajstić information content (AvgIpc) is 3.64. The van der Waals surface area contributed by atoms with Crippen LogP contribution < -0.4 is 5.32 Å². The minimum Gasteiger partial charge on any atom is -0.466 e. The van der Waals surface area contributed by atoms with Crippen LogP contribution in [0.5, 0.6) is 0 Å². The van der Waals surface area contributed by atoms with Gasteiger partial charge in [-0.25, -0.2) is 0 Å². The molecule has 6 nitrogen and oxygen atoms in total. The Morgan fingerprint density at radius 3 is 0.865 bits per heavy atom. The second kappa shape index (κ2) is 78.3. The summed E-state index contributed by atoms with van der Waals surface area (Å²) in [5.41, 5.74) is 0. The summed E-state index contributed by atoms with van der Waals surface area (Å²) in [7, 11) is 0. The molecule has 0 rings (SSSR count). The zero-order chi connectivity index (χ0) is 64.2. The smallest absolute Gasteiger partial charge is 0.305 e. The molecule has 524 valence electrons. The fourth-order valence-electron chi connectivity index (χ4n) is 12.7. The van der Waals surface area contributed by atoms with Crippen molar-refractivity contribution in [2.45, 2.75) is 456 Å².